The molecule has 3 aromatic carbocycles. The van der Waals surface area contributed by atoms with Crippen LogP contribution in [0.2, 0.25) is 5.02 Å². The molecule has 1 aliphatic heterocycles. The molecule has 1 N–H and O–H groups in total. The number of anilines is 1. The number of ether oxygens (including phenoxy) is 1. The molecule has 1 atom stereocenters. The predicted octanol–water partition coefficient (Wildman–Crippen LogP) is 5.68. The molecular weight excluding hydrogens is 445 g/mol. The summed E-state index contributed by atoms with van der Waals surface area (Å²) in [5.41, 5.74) is 2.07. The molecule has 0 aliphatic carbocycles. The number of ketones is 1. The number of benzene rings is 3. The molecule has 1 saturated heterocycles. The van der Waals surface area contributed by atoms with Crippen molar-refractivity contribution in [3.05, 3.63) is 99.8 Å². The van der Waals surface area contributed by atoms with Gasteiger partial charge in [0, 0.05) is 10.7 Å². The molecule has 1 fully saturated rings. The van der Waals surface area contributed by atoms with Gasteiger partial charge < -0.3 is 9.84 Å². The Morgan fingerprint density at radius 2 is 1.73 bits per heavy atom. The Morgan fingerprint density at radius 1 is 1.06 bits per heavy atom. The number of rotatable bonds is 5. The van der Waals surface area contributed by atoms with E-state index in [4.69, 9.17) is 16.3 Å². The molecule has 1 aliphatic rings. The smallest absolute Gasteiger partial charge is 0.300 e. The lowest BCUT2D eigenvalue weighted by atomic mass is 9.94. The topological polar surface area (TPSA) is 66.8 Å². The van der Waals surface area contributed by atoms with Crippen LogP contribution in [0.5, 0.6) is 5.75 Å². The number of halogens is 2. The van der Waals surface area contributed by atoms with E-state index in [1.807, 2.05) is 19.1 Å². The predicted molar refractivity (Wildman–Crippen MR) is 125 cm³/mol. The van der Waals surface area contributed by atoms with E-state index < -0.39 is 29.3 Å². The first-order chi connectivity index (χ1) is 15.8. The minimum atomic E-state index is -0.971. The quantitative estimate of drug-likeness (QED) is 0.299. The van der Waals surface area contributed by atoms with E-state index in [0.29, 0.717) is 16.3 Å². The molecular formula is C26H21ClFNO4. The van der Waals surface area contributed by atoms with E-state index in [2.05, 4.69) is 0 Å². The third-order valence-electron chi connectivity index (χ3n) is 5.67. The fourth-order valence-electron chi connectivity index (χ4n) is 3.96. The maximum absolute atomic E-state index is 13.7. The van der Waals surface area contributed by atoms with Crippen LogP contribution in [0.1, 0.15) is 29.7 Å². The third kappa shape index (κ3) is 4.10. The molecule has 0 saturated carbocycles. The van der Waals surface area contributed by atoms with Gasteiger partial charge in [0.25, 0.3) is 11.7 Å². The Hall–Kier alpha value is -3.64. The standard InChI is InChI=1S/C26H21ClFNO4/c1-3-15-4-11-19(12-5-15)29-23(16-6-9-18(28)10-7-16)22(25(31)26(29)32)24(30)20-14-17(27)8-13-21(20)33-2/h4-14,23,30H,3H2,1-2H3/b24-22+. The number of aliphatic hydroxyl groups excluding tert-OH is 1. The highest BCUT2D eigenvalue weighted by atomic mass is 35.5. The number of carbonyl (C=O) groups excluding carboxylic acids is 2. The molecule has 1 heterocycles. The SMILES string of the molecule is CCc1ccc(N2C(=O)C(=O)/C(=C(/O)c3cc(Cl)ccc3OC)C2c2ccc(F)cc2)cc1. The summed E-state index contributed by atoms with van der Waals surface area (Å²) in [6.45, 7) is 2.01. The molecule has 5 nitrogen and oxygen atoms in total. The number of amides is 1. The summed E-state index contributed by atoms with van der Waals surface area (Å²) in [6, 6.07) is 16.3. The van der Waals surface area contributed by atoms with Gasteiger partial charge in [-0.3, -0.25) is 14.5 Å². The zero-order valence-corrected chi connectivity index (χ0v) is 18.8. The fraction of sp³-hybridized carbons (Fsp3) is 0.154. The largest absolute Gasteiger partial charge is 0.507 e. The lowest BCUT2D eigenvalue weighted by Crippen LogP contribution is -2.29. The Morgan fingerprint density at radius 3 is 2.33 bits per heavy atom. The number of aryl methyl sites for hydroxylation is 1. The van der Waals surface area contributed by atoms with Crippen LogP contribution in [0, 0.1) is 5.82 Å². The van der Waals surface area contributed by atoms with E-state index in [9.17, 15) is 19.1 Å². The van der Waals surface area contributed by atoms with E-state index in [0.717, 1.165) is 12.0 Å². The summed E-state index contributed by atoms with van der Waals surface area (Å²) in [4.78, 5) is 27.7. The zero-order valence-electron chi connectivity index (χ0n) is 18.0. The van der Waals surface area contributed by atoms with Crippen molar-refractivity contribution in [3.8, 4) is 5.75 Å². The van der Waals surface area contributed by atoms with Crippen LogP contribution in [0.3, 0.4) is 0 Å². The number of hydrogen-bond donors (Lipinski definition) is 1. The first-order valence-electron chi connectivity index (χ1n) is 10.3. The maximum Gasteiger partial charge on any atom is 0.300 e. The van der Waals surface area contributed by atoms with Crippen LogP contribution in [-0.4, -0.2) is 23.9 Å². The van der Waals surface area contributed by atoms with E-state index in [1.54, 1.807) is 24.3 Å². The summed E-state index contributed by atoms with van der Waals surface area (Å²) in [7, 11) is 1.42. The third-order valence-corrected chi connectivity index (χ3v) is 5.90. The first kappa shape index (κ1) is 22.6. The number of Topliss-reactive ketones (excluding diaryl/α,β-unsaturated/α-hetero) is 1. The zero-order chi connectivity index (χ0) is 23.7. The van der Waals surface area contributed by atoms with Crippen molar-refractivity contribution in [3.63, 3.8) is 0 Å². The minimum Gasteiger partial charge on any atom is -0.507 e. The molecule has 33 heavy (non-hydrogen) atoms. The molecule has 0 spiro atoms. The van der Waals surface area contributed by atoms with Crippen LogP contribution in [0.4, 0.5) is 10.1 Å². The van der Waals surface area contributed by atoms with Crippen LogP contribution in [0.15, 0.2) is 72.3 Å². The van der Waals surface area contributed by atoms with Gasteiger partial charge in [-0.2, -0.15) is 0 Å². The average molecular weight is 466 g/mol. The number of aliphatic hydroxyl groups is 1. The minimum absolute atomic E-state index is 0.133. The summed E-state index contributed by atoms with van der Waals surface area (Å²) < 4.78 is 19.0. The Bertz CT molecular complexity index is 1250. The summed E-state index contributed by atoms with van der Waals surface area (Å²) >= 11 is 6.12. The van der Waals surface area contributed by atoms with Crippen molar-refractivity contribution in [2.45, 2.75) is 19.4 Å². The summed E-state index contributed by atoms with van der Waals surface area (Å²) in [5, 5.41) is 11.6. The van der Waals surface area contributed by atoms with Gasteiger partial charge in [-0.05, 0) is 60.0 Å². The molecule has 7 heteroatoms. The highest BCUT2D eigenvalue weighted by Crippen LogP contribution is 2.43. The van der Waals surface area contributed by atoms with Crippen molar-refractivity contribution < 1.29 is 23.8 Å². The van der Waals surface area contributed by atoms with Crippen molar-refractivity contribution in [1.29, 1.82) is 0 Å². The van der Waals surface area contributed by atoms with E-state index in [1.165, 1.54) is 42.3 Å². The molecule has 1 amide bonds. The van der Waals surface area contributed by atoms with Crippen molar-refractivity contribution in [2.75, 3.05) is 12.0 Å². The highest BCUT2D eigenvalue weighted by molar-refractivity contribution is 6.51. The normalized spacial score (nSPS) is 17.5. The first-order valence-corrected chi connectivity index (χ1v) is 10.7. The second kappa shape index (κ2) is 9.08. The van der Waals surface area contributed by atoms with Crippen molar-refractivity contribution in [1.82, 2.24) is 0 Å². The lowest BCUT2D eigenvalue weighted by Gasteiger charge is -2.25. The number of hydrogen-bond acceptors (Lipinski definition) is 4. The molecule has 0 bridgehead atoms. The summed E-state index contributed by atoms with van der Waals surface area (Å²) in [5.74, 6) is -2.25. The van der Waals surface area contributed by atoms with Gasteiger partial charge in [-0.15, -0.1) is 0 Å². The number of nitrogens with zero attached hydrogens (tertiary/aromatic N) is 1. The van der Waals surface area contributed by atoms with Gasteiger partial charge in [-0.1, -0.05) is 42.8 Å². The average Bonchev–Trinajstić information content (AvgIpc) is 3.09. The van der Waals surface area contributed by atoms with E-state index >= 15 is 0 Å². The Labute approximate surface area is 195 Å². The second-order valence-electron chi connectivity index (χ2n) is 7.59. The van der Waals surface area contributed by atoms with Gasteiger partial charge >= 0.3 is 0 Å². The lowest BCUT2D eigenvalue weighted by molar-refractivity contribution is -0.132. The van der Waals surface area contributed by atoms with Crippen LogP contribution >= 0.6 is 11.6 Å². The Balaban J connectivity index is 1.96. The van der Waals surface area contributed by atoms with Gasteiger partial charge in [0.2, 0.25) is 0 Å². The molecule has 168 valence electrons. The monoisotopic (exact) mass is 465 g/mol. The number of methoxy groups -OCH3 is 1. The summed E-state index contributed by atoms with van der Waals surface area (Å²) in [6.07, 6.45) is 0.815. The van der Waals surface area contributed by atoms with Gasteiger partial charge in [0.1, 0.15) is 17.3 Å². The second-order valence-corrected chi connectivity index (χ2v) is 8.02. The molecule has 4 rings (SSSR count). The van der Waals surface area contributed by atoms with Crippen LogP contribution < -0.4 is 9.64 Å². The van der Waals surface area contributed by atoms with Crippen molar-refractivity contribution in [2.24, 2.45) is 0 Å². The molecule has 1 unspecified atom stereocenters. The fourth-order valence-corrected chi connectivity index (χ4v) is 4.13. The van der Waals surface area contributed by atoms with E-state index in [-0.39, 0.29) is 16.9 Å². The number of carbonyl (C=O) groups is 2. The Kier molecular flexibility index (Phi) is 6.20. The highest BCUT2D eigenvalue weighted by Gasteiger charge is 2.47. The van der Waals surface area contributed by atoms with Crippen LogP contribution in [0.25, 0.3) is 5.76 Å². The van der Waals surface area contributed by atoms with Gasteiger partial charge in [-0.25, -0.2) is 4.39 Å². The van der Waals surface area contributed by atoms with Gasteiger partial charge in [0.05, 0.1) is 24.3 Å². The molecule has 0 aromatic heterocycles. The molecule has 3 aromatic rings. The van der Waals surface area contributed by atoms with Gasteiger partial charge in [0.15, 0.2) is 0 Å². The molecule has 0 radical (unpaired) electrons. The van der Waals surface area contributed by atoms with Crippen molar-refractivity contribution >= 4 is 34.7 Å². The van der Waals surface area contributed by atoms with Crippen LogP contribution in [-0.2, 0) is 16.0 Å². The maximum atomic E-state index is 13.7.